The number of nitrogens with zero attached hydrogens (tertiary/aromatic N) is 4. The van der Waals surface area contributed by atoms with Crippen LogP contribution in [0, 0.1) is 6.92 Å². The van der Waals surface area contributed by atoms with E-state index in [0.29, 0.717) is 13.1 Å². The van der Waals surface area contributed by atoms with E-state index in [9.17, 15) is 4.79 Å². The number of hydrogen-bond donors (Lipinski definition) is 1. The topological polar surface area (TPSA) is 53.4 Å². The SMILES string of the molecule is Cc1cccc(N2CCN(CC(=O)Nc3ccnn3Cc3cccs3)CC2)c1. The monoisotopic (exact) mass is 395 g/mol. The molecular formula is C21H25N5OS. The molecule has 1 fully saturated rings. The summed E-state index contributed by atoms with van der Waals surface area (Å²) in [4.78, 5) is 18.3. The number of benzene rings is 1. The van der Waals surface area contributed by atoms with Crippen molar-refractivity contribution in [1.82, 2.24) is 14.7 Å². The van der Waals surface area contributed by atoms with E-state index in [2.05, 4.69) is 57.5 Å². The number of thiophene rings is 1. The van der Waals surface area contributed by atoms with E-state index in [-0.39, 0.29) is 5.91 Å². The fourth-order valence-corrected chi connectivity index (χ4v) is 4.18. The molecule has 1 aliphatic heterocycles. The van der Waals surface area contributed by atoms with Crippen molar-refractivity contribution in [3.63, 3.8) is 0 Å². The third-order valence-electron chi connectivity index (χ3n) is 4.98. The van der Waals surface area contributed by atoms with Gasteiger partial charge in [-0.3, -0.25) is 9.69 Å². The first kappa shape index (κ1) is 18.7. The second-order valence-electron chi connectivity index (χ2n) is 7.10. The molecule has 2 aromatic heterocycles. The van der Waals surface area contributed by atoms with Gasteiger partial charge in [-0.25, -0.2) is 4.68 Å². The van der Waals surface area contributed by atoms with Crippen molar-refractivity contribution >= 4 is 28.7 Å². The first-order valence-corrected chi connectivity index (χ1v) is 10.4. The highest BCUT2D eigenvalue weighted by Crippen LogP contribution is 2.18. The Labute approximate surface area is 169 Å². The predicted octanol–water partition coefficient (Wildman–Crippen LogP) is 3.06. The van der Waals surface area contributed by atoms with Crippen LogP contribution in [0.4, 0.5) is 11.5 Å². The van der Waals surface area contributed by atoms with Gasteiger partial charge in [-0.1, -0.05) is 18.2 Å². The van der Waals surface area contributed by atoms with Crippen LogP contribution >= 0.6 is 11.3 Å². The van der Waals surface area contributed by atoms with Gasteiger partial charge in [0.15, 0.2) is 0 Å². The number of nitrogens with one attached hydrogen (secondary N) is 1. The summed E-state index contributed by atoms with van der Waals surface area (Å²) >= 11 is 1.69. The molecule has 28 heavy (non-hydrogen) atoms. The van der Waals surface area contributed by atoms with Crippen LogP contribution in [0.2, 0.25) is 0 Å². The molecule has 0 radical (unpaired) electrons. The fourth-order valence-electron chi connectivity index (χ4n) is 3.49. The van der Waals surface area contributed by atoms with Crippen molar-refractivity contribution in [2.24, 2.45) is 0 Å². The lowest BCUT2D eigenvalue weighted by Gasteiger charge is -2.35. The molecule has 3 heterocycles. The van der Waals surface area contributed by atoms with Crippen LogP contribution in [0.1, 0.15) is 10.4 Å². The van der Waals surface area contributed by atoms with Crippen molar-refractivity contribution < 1.29 is 4.79 Å². The molecule has 1 aliphatic rings. The van der Waals surface area contributed by atoms with Crippen molar-refractivity contribution in [1.29, 1.82) is 0 Å². The number of rotatable bonds is 6. The summed E-state index contributed by atoms with van der Waals surface area (Å²) in [5.41, 5.74) is 2.54. The van der Waals surface area contributed by atoms with Gasteiger partial charge in [0.25, 0.3) is 0 Å². The van der Waals surface area contributed by atoms with Gasteiger partial charge in [-0.05, 0) is 36.1 Å². The lowest BCUT2D eigenvalue weighted by molar-refractivity contribution is -0.117. The van der Waals surface area contributed by atoms with Crippen molar-refractivity contribution in [2.75, 3.05) is 42.9 Å². The normalized spacial score (nSPS) is 15.0. The molecule has 0 unspecified atom stereocenters. The van der Waals surface area contributed by atoms with E-state index in [4.69, 9.17) is 0 Å². The van der Waals surface area contributed by atoms with Crippen LogP contribution in [-0.4, -0.2) is 53.3 Å². The zero-order valence-corrected chi connectivity index (χ0v) is 16.9. The van der Waals surface area contributed by atoms with E-state index < -0.39 is 0 Å². The van der Waals surface area contributed by atoms with Crippen LogP contribution in [0.25, 0.3) is 0 Å². The highest BCUT2D eigenvalue weighted by atomic mass is 32.1. The lowest BCUT2D eigenvalue weighted by Crippen LogP contribution is -2.48. The summed E-state index contributed by atoms with van der Waals surface area (Å²) < 4.78 is 1.83. The van der Waals surface area contributed by atoms with Gasteiger partial charge in [0.05, 0.1) is 19.3 Å². The van der Waals surface area contributed by atoms with Crippen molar-refractivity contribution in [3.8, 4) is 0 Å². The Morgan fingerprint density at radius 1 is 1.14 bits per heavy atom. The largest absolute Gasteiger partial charge is 0.369 e. The Bertz CT molecular complexity index is 913. The van der Waals surface area contributed by atoms with Crippen LogP contribution in [0.15, 0.2) is 54.0 Å². The second kappa shape index (κ2) is 8.58. The maximum Gasteiger partial charge on any atom is 0.239 e. The van der Waals surface area contributed by atoms with E-state index in [1.54, 1.807) is 17.5 Å². The summed E-state index contributed by atoms with van der Waals surface area (Å²) in [6, 6.07) is 14.5. The lowest BCUT2D eigenvalue weighted by atomic mass is 10.2. The summed E-state index contributed by atoms with van der Waals surface area (Å²) in [6.07, 6.45) is 1.73. The maximum atomic E-state index is 12.5. The number of carbonyl (C=O) groups is 1. The van der Waals surface area contributed by atoms with Gasteiger partial charge < -0.3 is 10.2 Å². The summed E-state index contributed by atoms with van der Waals surface area (Å²) in [5, 5.41) is 9.39. The van der Waals surface area contributed by atoms with Gasteiger partial charge in [0.1, 0.15) is 5.82 Å². The van der Waals surface area contributed by atoms with E-state index in [1.807, 2.05) is 22.2 Å². The predicted molar refractivity (Wildman–Crippen MR) is 114 cm³/mol. The van der Waals surface area contributed by atoms with Crippen molar-refractivity contribution in [2.45, 2.75) is 13.5 Å². The highest BCUT2D eigenvalue weighted by molar-refractivity contribution is 7.09. The summed E-state index contributed by atoms with van der Waals surface area (Å²) in [7, 11) is 0. The Kier molecular flexibility index (Phi) is 5.73. The molecule has 0 atom stereocenters. The average Bonchev–Trinajstić information content (AvgIpc) is 3.35. The minimum absolute atomic E-state index is 0.0111. The molecule has 0 saturated carbocycles. The average molecular weight is 396 g/mol. The molecule has 7 heteroatoms. The Hall–Kier alpha value is -2.64. The standard InChI is InChI=1S/C21H25N5OS/c1-17-4-2-5-18(14-17)25-11-9-24(10-12-25)16-21(27)23-20-7-8-22-26(20)15-19-6-3-13-28-19/h2-8,13-14H,9-12,15-16H2,1H3,(H,23,27). The number of anilines is 2. The number of hydrogen-bond acceptors (Lipinski definition) is 5. The number of carbonyl (C=O) groups excluding carboxylic acids is 1. The van der Waals surface area contributed by atoms with E-state index >= 15 is 0 Å². The first-order chi connectivity index (χ1) is 13.7. The molecule has 1 saturated heterocycles. The van der Waals surface area contributed by atoms with Crippen LogP contribution in [0.3, 0.4) is 0 Å². The van der Waals surface area contributed by atoms with Crippen molar-refractivity contribution in [3.05, 3.63) is 64.5 Å². The summed E-state index contributed by atoms with van der Waals surface area (Å²) in [5.74, 6) is 0.758. The van der Waals surface area contributed by atoms with E-state index in [0.717, 1.165) is 32.0 Å². The number of piperazine rings is 1. The van der Waals surface area contributed by atoms with Crippen LogP contribution < -0.4 is 10.2 Å². The molecule has 3 aromatic rings. The quantitative estimate of drug-likeness (QED) is 0.697. The third kappa shape index (κ3) is 4.61. The molecule has 6 nitrogen and oxygen atoms in total. The Balaban J connectivity index is 1.28. The number of aromatic nitrogens is 2. The minimum Gasteiger partial charge on any atom is -0.369 e. The second-order valence-corrected chi connectivity index (χ2v) is 8.14. The Morgan fingerprint density at radius 3 is 2.75 bits per heavy atom. The fraction of sp³-hybridized carbons (Fsp3) is 0.333. The Morgan fingerprint density at radius 2 is 2.00 bits per heavy atom. The minimum atomic E-state index is 0.0111. The molecule has 0 spiro atoms. The van der Waals surface area contributed by atoms with Gasteiger partial charge >= 0.3 is 0 Å². The van der Waals surface area contributed by atoms with Gasteiger partial charge in [-0.2, -0.15) is 5.10 Å². The number of amides is 1. The van der Waals surface area contributed by atoms with Gasteiger partial charge in [-0.15, -0.1) is 11.3 Å². The van der Waals surface area contributed by atoms with E-state index in [1.165, 1.54) is 16.1 Å². The maximum absolute atomic E-state index is 12.5. The third-order valence-corrected chi connectivity index (χ3v) is 5.84. The molecule has 1 N–H and O–H groups in total. The first-order valence-electron chi connectivity index (χ1n) is 9.55. The zero-order valence-electron chi connectivity index (χ0n) is 16.0. The zero-order chi connectivity index (χ0) is 19.3. The summed E-state index contributed by atoms with van der Waals surface area (Å²) in [6.45, 7) is 6.85. The highest BCUT2D eigenvalue weighted by Gasteiger charge is 2.20. The molecule has 1 aromatic carbocycles. The van der Waals surface area contributed by atoms with Gasteiger partial charge in [0.2, 0.25) is 5.91 Å². The molecule has 146 valence electrons. The number of aryl methyl sites for hydroxylation is 1. The molecule has 0 aliphatic carbocycles. The molecular weight excluding hydrogens is 370 g/mol. The smallest absolute Gasteiger partial charge is 0.239 e. The van der Waals surface area contributed by atoms with Crippen LogP contribution in [0.5, 0.6) is 0 Å². The molecule has 0 bridgehead atoms. The molecule has 4 rings (SSSR count). The molecule has 1 amide bonds. The van der Waals surface area contributed by atoms with Crippen LogP contribution in [-0.2, 0) is 11.3 Å². The van der Waals surface area contributed by atoms with Gasteiger partial charge in [0, 0.05) is 42.8 Å².